The molecular weight excluding hydrogens is 418 g/mol. The minimum Gasteiger partial charge on any atom is -0.342 e. The first-order valence-electron chi connectivity index (χ1n) is 10.2. The topological polar surface area (TPSA) is 55.2 Å². The highest BCUT2D eigenvalue weighted by atomic mass is 35.5. The molecule has 0 N–H and O–H groups in total. The van der Waals surface area contributed by atoms with Crippen molar-refractivity contribution in [3.8, 4) is 0 Å². The number of hydrogen-bond acceptors (Lipinski definition) is 4. The quantitative estimate of drug-likeness (QED) is 0.351. The number of hydrogen-bond donors (Lipinski definition) is 0. The van der Waals surface area contributed by atoms with Gasteiger partial charge in [0, 0.05) is 18.1 Å². The van der Waals surface area contributed by atoms with Crippen molar-refractivity contribution in [1.82, 2.24) is 14.5 Å². The number of thioether (sulfide) groups is 1. The second-order valence-electron chi connectivity index (χ2n) is 7.05. The maximum absolute atomic E-state index is 13.2. The molecule has 0 saturated carbocycles. The molecule has 1 aromatic heterocycles. The molecule has 30 heavy (non-hydrogen) atoms. The minimum absolute atomic E-state index is 0.0627. The second-order valence-corrected chi connectivity index (χ2v) is 8.43. The second kappa shape index (κ2) is 10.6. The number of unbranched alkanes of at least 4 members (excludes halogenated alkanes) is 1. The number of aromatic nitrogens is 2. The molecule has 0 unspecified atom stereocenters. The summed E-state index contributed by atoms with van der Waals surface area (Å²) in [5.41, 5.74) is 1.43. The molecule has 0 aliphatic rings. The molecular formula is C23H26ClN3O2S. The van der Waals surface area contributed by atoms with Crippen molar-refractivity contribution in [1.29, 1.82) is 0 Å². The third-order valence-electron chi connectivity index (χ3n) is 4.90. The van der Waals surface area contributed by atoms with Gasteiger partial charge in [-0.15, -0.1) is 0 Å². The van der Waals surface area contributed by atoms with E-state index in [9.17, 15) is 9.59 Å². The van der Waals surface area contributed by atoms with Crippen LogP contribution in [0.1, 0.15) is 32.3 Å². The number of para-hydroxylation sites is 1. The monoisotopic (exact) mass is 443 g/mol. The van der Waals surface area contributed by atoms with Gasteiger partial charge in [-0.2, -0.15) is 0 Å². The van der Waals surface area contributed by atoms with E-state index in [1.807, 2.05) is 48.2 Å². The smallest absolute Gasteiger partial charge is 0.262 e. The van der Waals surface area contributed by atoms with Crippen LogP contribution in [0.15, 0.2) is 58.5 Å². The zero-order valence-corrected chi connectivity index (χ0v) is 18.9. The first-order valence-corrected chi connectivity index (χ1v) is 11.5. The lowest BCUT2D eigenvalue weighted by Crippen LogP contribution is -2.33. The Hall–Kier alpha value is -2.31. The van der Waals surface area contributed by atoms with Crippen LogP contribution in [0.2, 0.25) is 5.02 Å². The van der Waals surface area contributed by atoms with Crippen LogP contribution in [-0.4, -0.2) is 39.2 Å². The molecule has 0 saturated heterocycles. The summed E-state index contributed by atoms with van der Waals surface area (Å²) < 4.78 is 1.63. The van der Waals surface area contributed by atoms with Gasteiger partial charge in [0.15, 0.2) is 5.16 Å². The van der Waals surface area contributed by atoms with Crippen molar-refractivity contribution in [3.63, 3.8) is 0 Å². The van der Waals surface area contributed by atoms with E-state index in [0.29, 0.717) is 34.2 Å². The predicted octanol–water partition coefficient (Wildman–Crippen LogP) is 4.84. The molecule has 1 amide bonds. The lowest BCUT2D eigenvalue weighted by atomic mass is 10.2. The highest BCUT2D eigenvalue weighted by Gasteiger charge is 2.16. The van der Waals surface area contributed by atoms with Crippen molar-refractivity contribution >= 4 is 40.2 Å². The summed E-state index contributed by atoms with van der Waals surface area (Å²) in [6, 6.07) is 14.7. The van der Waals surface area contributed by atoms with Gasteiger partial charge in [0.25, 0.3) is 5.56 Å². The summed E-state index contributed by atoms with van der Waals surface area (Å²) in [6.07, 6.45) is 2.03. The van der Waals surface area contributed by atoms with Crippen molar-refractivity contribution in [2.45, 2.75) is 38.4 Å². The zero-order chi connectivity index (χ0) is 21.5. The van der Waals surface area contributed by atoms with Crippen molar-refractivity contribution in [2.75, 3.05) is 18.8 Å². The number of benzene rings is 2. The average Bonchev–Trinajstić information content (AvgIpc) is 2.75. The Morgan fingerprint density at radius 2 is 1.97 bits per heavy atom. The minimum atomic E-state index is -0.117. The molecule has 5 nitrogen and oxygen atoms in total. The number of carbonyl (C=O) groups excluding carboxylic acids is 1. The molecule has 0 aliphatic heterocycles. The first-order chi connectivity index (χ1) is 14.5. The van der Waals surface area contributed by atoms with E-state index >= 15 is 0 Å². The maximum atomic E-state index is 13.2. The van der Waals surface area contributed by atoms with Crippen LogP contribution in [0.3, 0.4) is 0 Å². The van der Waals surface area contributed by atoms with E-state index in [2.05, 4.69) is 6.92 Å². The number of halogens is 1. The summed E-state index contributed by atoms with van der Waals surface area (Å²) in [5.74, 6) is 0.311. The number of amides is 1. The van der Waals surface area contributed by atoms with Gasteiger partial charge < -0.3 is 4.90 Å². The largest absolute Gasteiger partial charge is 0.342 e. The standard InChI is InChI=1S/C23H26ClN3O2S/c1-3-5-13-26(4-2)21(28)16-30-23-25-20-12-7-6-11-19(20)22(29)27(23)15-17-9-8-10-18(24)14-17/h6-12,14H,3-5,13,15-16H2,1-2H3. The summed E-state index contributed by atoms with van der Waals surface area (Å²) in [5, 5.41) is 1.72. The molecule has 3 rings (SSSR count). The average molecular weight is 444 g/mol. The zero-order valence-electron chi connectivity index (χ0n) is 17.3. The van der Waals surface area contributed by atoms with Crippen LogP contribution in [0.5, 0.6) is 0 Å². The van der Waals surface area contributed by atoms with E-state index in [0.717, 1.165) is 24.9 Å². The lowest BCUT2D eigenvalue weighted by Gasteiger charge is -2.20. The van der Waals surface area contributed by atoms with E-state index in [1.165, 1.54) is 11.8 Å². The normalized spacial score (nSPS) is 11.0. The van der Waals surface area contributed by atoms with Gasteiger partial charge in [-0.3, -0.25) is 14.2 Å². The van der Waals surface area contributed by atoms with E-state index in [4.69, 9.17) is 16.6 Å². The van der Waals surface area contributed by atoms with Crippen molar-refractivity contribution in [3.05, 3.63) is 69.5 Å². The highest BCUT2D eigenvalue weighted by Crippen LogP contribution is 2.20. The van der Waals surface area contributed by atoms with Crippen LogP contribution in [0.25, 0.3) is 10.9 Å². The predicted molar refractivity (Wildman–Crippen MR) is 124 cm³/mol. The fourth-order valence-electron chi connectivity index (χ4n) is 3.24. The Morgan fingerprint density at radius 1 is 1.17 bits per heavy atom. The molecule has 158 valence electrons. The van der Waals surface area contributed by atoms with E-state index in [-0.39, 0.29) is 17.2 Å². The summed E-state index contributed by atoms with van der Waals surface area (Å²) in [7, 11) is 0. The van der Waals surface area contributed by atoms with Crippen LogP contribution in [0, 0.1) is 0 Å². The van der Waals surface area contributed by atoms with E-state index < -0.39 is 0 Å². The van der Waals surface area contributed by atoms with Gasteiger partial charge >= 0.3 is 0 Å². The molecule has 0 atom stereocenters. The van der Waals surface area contributed by atoms with E-state index in [1.54, 1.807) is 16.7 Å². The third-order valence-corrected chi connectivity index (χ3v) is 6.09. The molecule has 0 bridgehead atoms. The molecule has 0 radical (unpaired) electrons. The van der Waals surface area contributed by atoms with Gasteiger partial charge in [0.05, 0.1) is 23.2 Å². The molecule has 7 heteroatoms. The van der Waals surface area contributed by atoms with Crippen LogP contribution in [-0.2, 0) is 11.3 Å². The molecule has 0 aliphatic carbocycles. The Balaban J connectivity index is 1.92. The number of rotatable bonds is 9. The molecule has 3 aromatic rings. The Kier molecular flexibility index (Phi) is 7.94. The Morgan fingerprint density at radius 3 is 2.70 bits per heavy atom. The summed E-state index contributed by atoms with van der Waals surface area (Å²) in [6.45, 7) is 5.88. The Bertz CT molecular complexity index is 1080. The highest BCUT2D eigenvalue weighted by molar-refractivity contribution is 7.99. The summed E-state index contributed by atoms with van der Waals surface area (Å²) >= 11 is 7.43. The first kappa shape index (κ1) is 22.4. The van der Waals surface area contributed by atoms with Crippen molar-refractivity contribution < 1.29 is 4.79 Å². The number of fused-ring (bicyclic) bond motifs is 1. The molecule has 2 aromatic carbocycles. The number of nitrogens with zero attached hydrogens (tertiary/aromatic N) is 3. The third kappa shape index (κ3) is 5.43. The molecule has 0 spiro atoms. The number of carbonyl (C=O) groups is 1. The Labute approximate surface area is 186 Å². The maximum Gasteiger partial charge on any atom is 0.262 e. The fraction of sp³-hybridized carbons (Fsp3) is 0.348. The van der Waals surface area contributed by atoms with Gasteiger partial charge in [-0.1, -0.05) is 61.0 Å². The van der Waals surface area contributed by atoms with Crippen LogP contribution < -0.4 is 5.56 Å². The molecule has 0 fully saturated rings. The van der Waals surface area contributed by atoms with Gasteiger partial charge in [-0.25, -0.2) is 4.98 Å². The van der Waals surface area contributed by atoms with Gasteiger partial charge in [-0.05, 0) is 43.2 Å². The summed E-state index contributed by atoms with van der Waals surface area (Å²) in [4.78, 5) is 32.4. The fourth-order valence-corrected chi connectivity index (χ4v) is 4.36. The molecule has 1 heterocycles. The van der Waals surface area contributed by atoms with Gasteiger partial charge in [0.2, 0.25) is 5.91 Å². The van der Waals surface area contributed by atoms with Crippen LogP contribution in [0.4, 0.5) is 0 Å². The van der Waals surface area contributed by atoms with Gasteiger partial charge in [0.1, 0.15) is 0 Å². The SMILES string of the molecule is CCCCN(CC)C(=O)CSc1nc2ccccc2c(=O)n1Cc1cccc(Cl)c1. The van der Waals surface area contributed by atoms with Crippen molar-refractivity contribution in [2.24, 2.45) is 0 Å². The van der Waals surface area contributed by atoms with Crippen LogP contribution >= 0.6 is 23.4 Å². The lowest BCUT2D eigenvalue weighted by molar-refractivity contribution is -0.128.